The minimum absolute atomic E-state index is 0.0246. The van der Waals surface area contributed by atoms with E-state index in [0.29, 0.717) is 17.9 Å². The molecule has 5 rings (SSSR count). The quantitative estimate of drug-likeness (QED) is 0.404. The molecule has 0 bridgehead atoms. The smallest absolute Gasteiger partial charge is 0.302 e. The minimum atomic E-state index is -0.211. The van der Waals surface area contributed by atoms with Gasteiger partial charge in [0.1, 0.15) is 6.10 Å². The van der Waals surface area contributed by atoms with Crippen molar-refractivity contribution >= 4 is 18.0 Å². The Balaban J connectivity index is 1.55. The van der Waals surface area contributed by atoms with Crippen LogP contribution in [0.15, 0.2) is 18.2 Å². The fourth-order valence-electron chi connectivity index (χ4n) is 8.84. The van der Waals surface area contributed by atoms with Crippen LogP contribution >= 0.6 is 0 Å². The molecule has 0 heterocycles. The van der Waals surface area contributed by atoms with Gasteiger partial charge in [0.05, 0.1) is 6.61 Å². The summed E-state index contributed by atoms with van der Waals surface area (Å²) in [7, 11) is 0. The molecule has 37 heavy (non-hydrogen) atoms. The van der Waals surface area contributed by atoms with Crippen molar-refractivity contribution in [3.63, 3.8) is 0 Å². The van der Waals surface area contributed by atoms with Gasteiger partial charge in [-0.3, -0.25) is 9.59 Å². The molecule has 4 nitrogen and oxygen atoms in total. The molecular formula is C33H46O4. The summed E-state index contributed by atoms with van der Waals surface area (Å²) in [5, 5.41) is 0. The van der Waals surface area contributed by atoms with Crippen molar-refractivity contribution in [1.29, 1.82) is 0 Å². The second-order valence-electron chi connectivity index (χ2n) is 14.4. The van der Waals surface area contributed by atoms with Gasteiger partial charge in [-0.1, -0.05) is 65.8 Å². The third kappa shape index (κ3) is 3.91. The molecular weight excluding hydrogens is 460 g/mol. The molecule has 0 aromatic heterocycles. The molecule has 2 saturated carbocycles. The van der Waals surface area contributed by atoms with Gasteiger partial charge in [0.25, 0.3) is 0 Å². The van der Waals surface area contributed by atoms with Gasteiger partial charge in [-0.2, -0.15) is 0 Å². The number of carbonyl (C=O) groups excluding carboxylic acids is 2. The maximum atomic E-state index is 11.8. The van der Waals surface area contributed by atoms with E-state index in [1.54, 1.807) is 0 Å². The molecule has 0 N–H and O–H groups in total. The van der Waals surface area contributed by atoms with Crippen LogP contribution < -0.4 is 0 Å². The summed E-state index contributed by atoms with van der Waals surface area (Å²) < 4.78 is 11.3. The highest BCUT2D eigenvalue weighted by Gasteiger charge is 2.62. The first-order chi connectivity index (χ1) is 17.2. The van der Waals surface area contributed by atoms with Crippen LogP contribution in [0, 0.1) is 22.2 Å². The molecule has 6 atom stereocenters. The molecule has 1 aromatic rings. The van der Waals surface area contributed by atoms with E-state index in [-0.39, 0.29) is 39.7 Å². The van der Waals surface area contributed by atoms with Gasteiger partial charge in [0.2, 0.25) is 0 Å². The number of hydrogen-bond acceptors (Lipinski definition) is 4. The average Bonchev–Trinajstić information content (AvgIpc) is 2.82. The lowest BCUT2D eigenvalue weighted by atomic mass is 9.39. The maximum absolute atomic E-state index is 11.8. The van der Waals surface area contributed by atoms with E-state index < -0.39 is 0 Å². The average molecular weight is 507 g/mol. The number of ether oxygens (including phenoxy) is 2. The number of allylic oxidation sites excluding steroid dienone is 1. The number of benzene rings is 1. The third-order valence-electron chi connectivity index (χ3n) is 11.6. The Kier molecular flexibility index (Phi) is 6.05. The van der Waals surface area contributed by atoms with Crippen molar-refractivity contribution < 1.29 is 19.1 Å². The molecule has 0 unspecified atom stereocenters. The number of rotatable bonds is 3. The van der Waals surface area contributed by atoms with Gasteiger partial charge in [0, 0.05) is 30.1 Å². The molecule has 0 radical (unpaired) electrons. The highest BCUT2D eigenvalue weighted by Crippen LogP contribution is 2.69. The lowest BCUT2D eigenvalue weighted by Crippen LogP contribution is -2.59. The van der Waals surface area contributed by atoms with Gasteiger partial charge in [-0.25, -0.2) is 0 Å². The molecule has 0 amide bonds. The van der Waals surface area contributed by atoms with Crippen molar-refractivity contribution in [2.24, 2.45) is 22.2 Å². The lowest BCUT2D eigenvalue weighted by Gasteiger charge is -2.65. The Hall–Kier alpha value is -2.10. The number of fused-ring (bicyclic) bond motifs is 7. The maximum Gasteiger partial charge on any atom is 0.302 e. The van der Waals surface area contributed by atoms with Crippen LogP contribution in [0.25, 0.3) is 6.08 Å². The largest absolute Gasteiger partial charge is 0.465 e. The molecule has 4 heteroatoms. The molecule has 2 fully saturated rings. The Morgan fingerprint density at radius 2 is 1.59 bits per heavy atom. The van der Waals surface area contributed by atoms with Crippen LogP contribution in [0.4, 0.5) is 0 Å². The van der Waals surface area contributed by atoms with Gasteiger partial charge in [-0.05, 0) is 83.9 Å². The topological polar surface area (TPSA) is 52.6 Å². The second kappa shape index (κ2) is 8.45. The summed E-state index contributed by atoms with van der Waals surface area (Å²) in [5.74, 6) is 0.156. The number of esters is 2. The lowest BCUT2D eigenvalue weighted by molar-refractivity contribution is -0.152. The highest BCUT2D eigenvalue weighted by atomic mass is 16.5. The Morgan fingerprint density at radius 1 is 0.919 bits per heavy atom. The van der Waals surface area contributed by atoms with Crippen molar-refractivity contribution in [2.45, 2.75) is 117 Å². The molecule has 0 saturated heterocycles. The standard InChI is InChI=1S/C33H46O4/c1-21(34)36-20-30(5)15-16-31(6)17-18-32(7)26-11-10-25-23(9-12-28(29(25,3)4)37-22(2)35)24(26)13-14-33(32,8)27(31)19-30/h10-11,13-14,27-28H,9,12,15-20H2,1-8H3/t27-,28-,30-,31-,32-,33+/m1/s1. The van der Waals surface area contributed by atoms with Gasteiger partial charge >= 0.3 is 11.9 Å². The Labute approximate surface area is 223 Å². The zero-order valence-electron chi connectivity index (χ0n) is 24.3. The van der Waals surface area contributed by atoms with Crippen LogP contribution in [0.3, 0.4) is 0 Å². The first-order valence-electron chi connectivity index (χ1n) is 14.3. The number of hydrogen-bond donors (Lipinski definition) is 0. The first-order valence-corrected chi connectivity index (χ1v) is 14.3. The Morgan fingerprint density at radius 3 is 2.27 bits per heavy atom. The zero-order valence-corrected chi connectivity index (χ0v) is 24.3. The van der Waals surface area contributed by atoms with Gasteiger partial charge in [-0.15, -0.1) is 0 Å². The molecule has 0 aliphatic heterocycles. The summed E-state index contributed by atoms with van der Waals surface area (Å²) in [5.41, 5.74) is 5.87. The second-order valence-corrected chi connectivity index (χ2v) is 14.4. The van der Waals surface area contributed by atoms with E-state index in [4.69, 9.17) is 9.47 Å². The van der Waals surface area contributed by atoms with E-state index in [9.17, 15) is 9.59 Å². The van der Waals surface area contributed by atoms with Crippen molar-refractivity contribution in [3.05, 3.63) is 40.5 Å². The minimum Gasteiger partial charge on any atom is -0.465 e. The van der Waals surface area contributed by atoms with Crippen LogP contribution in [0.5, 0.6) is 0 Å². The number of carbonyl (C=O) groups is 2. The highest BCUT2D eigenvalue weighted by molar-refractivity contribution is 5.69. The molecule has 4 aliphatic rings. The van der Waals surface area contributed by atoms with E-state index >= 15 is 0 Å². The fourth-order valence-corrected chi connectivity index (χ4v) is 8.84. The van der Waals surface area contributed by atoms with E-state index in [2.05, 4.69) is 65.8 Å². The first kappa shape index (κ1) is 26.5. The van der Waals surface area contributed by atoms with Gasteiger partial charge in [0.15, 0.2) is 0 Å². The predicted octanol–water partition coefficient (Wildman–Crippen LogP) is 7.30. The zero-order chi connectivity index (χ0) is 27.0. The van der Waals surface area contributed by atoms with E-state index in [1.165, 1.54) is 55.4 Å². The van der Waals surface area contributed by atoms with Crippen LogP contribution in [0.1, 0.15) is 116 Å². The SMILES string of the molecule is CC(=O)OC[C@]1(C)CC[C@]2(C)CC[C@]3(C)c4ccc5c(c4C=C[C@@]3(C)[C@@H]2C1)CC[C@@H](OC(C)=O)C5(C)C. The summed E-state index contributed by atoms with van der Waals surface area (Å²) >= 11 is 0. The van der Waals surface area contributed by atoms with Crippen LogP contribution in [0.2, 0.25) is 0 Å². The molecule has 202 valence electrons. The van der Waals surface area contributed by atoms with Crippen LogP contribution in [-0.4, -0.2) is 24.6 Å². The van der Waals surface area contributed by atoms with E-state index in [1.807, 2.05) is 0 Å². The summed E-state index contributed by atoms with van der Waals surface area (Å²) in [6.07, 6.45) is 12.5. The predicted molar refractivity (Wildman–Crippen MR) is 147 cm³/mol. The Bertz CT molecular complexity index is 1160. The van der Waals surface area contributed by atoms with Crippen LogP contribution in [-0.2, 0) is 36.3 Å². The molecule has 4 aliphatic carbocycles. The molecule has 1 aromatic carbocycles. The molecule has 0 spiro atoms. The van der Waals surface area contributed by atoms with E-state index in [0.717, 1.165) is 25.7 Å². The van der Waals surface area contributed by atoms with Crippen molar-refractivity contribution in [3.8, 4) is 0 Å². The third-order valence-corrected chi connectivity index (χ3v) is 11.6. The fraction of sp³-hybridized carbons (Fsp3) is 0.697. The summed E-state index contributed by atoms with van der Waals surface area (Å²) in [6.45, 7) is 17.9. The summed E-state index contributed by atoms with van der Waals surface area (Å²) in [4.78, 5) is 23.4. The monoisotopic (exact) mass is 506 g/mol. The van der Waals surface area contributed by atoms with Gasteiger partial charge < -0.3 is 9.47 Å². The summed E-state index contributed by atoms with van der Waals surface area (Å²) in [6, 6.07) is 4.74. The normalized spacial score (nSPS) is 39.5. The van der Waals surface area contributed by atoms with Crippen molar-refractivity contribution in [1.82, 2.24) is 0 Å². The van der Waals surface area contributed by atoms with Crippen molar-refractivity contribution in [2.75, 3.05) is 6.61 Å².